The van der Waals surface area contributed by atoms with Crippen molar-refractivity contribution in [2.45, 2.75) is 19.4 Å². The molecule has 1 atom stereocenters. The van der Waals surface area contributed by atoms with Gasteiger partial charge in [-0.3, -0.25) is 9.78 Å². The second kappa shape index (κ2) is 10.1. The van der Waals surface area contributed by atoms with Crippen LogP contribution >= 0.6 is 0 Å². The highest BCUT2D eigenvalue weighted by atomic mass is 16.5. The Labute approximate surface area is 213 Å². The Balaban J connectivity index is 1.35. The molecule has 1 aliphatic rings. The molecular weight excluding hydrogens is 474 g/mol. The zero-order chi connectivity index (χ0) is 25.9. The van der Waals surface area contributed by atoms with Crippen molar-refractivity contribution in [3.8, 4) is 11.5 Å². The number of rotatable bonds is 7. The molecule has 188 valence electrons. The minimum Gasteiger partial charge on any atom is -0.497 e. The number of nitrogens with zero attached hydrogens (tertiary/aromatic N) is 3. The maximum absolute atomic E-state index is 13.2. The summed E-state index contributed by atoms with van der Waals surface area (Å²) in [4.78, 5) is 30.6. The summed E-state index contributed by atoms with van der Waals surface area (Å²) in [6.45, 7) is 1.24. The van der Waals surface area contributed by atoms with Gasteiger partial charge < -0.3 is 18.6 Å². The van der Waals surface area contributed by atoms with Gasteiger partial charge in [0, 0.05) is 11.8 Å². The summed E-state index contributed by atoms with van der Waals surface area (Å²) in [6, 6.07) is 17.6. The van der Waals surface area contributed by atoms with Crippen molar-refractivity contribution in [1.29, 1.82) is 0 Å². The molecule has 0 N–H and O–H groups in total. The number of aryl methyl sites for hydroxylation is 1. The highest BCUT2D eigenvalue weighted by Gasteiger charge is 2.35. The monoisotopic (exact) mass is 499 g/mol. The minimum absolute atomic E-state index is 0.278. The number of pyridine rings is 1. The highest BCUT2D eigenvalue weighted by Crippen LogP contribution is 2.33. The Bertz CT molecular complexity index is 1480. The number of methoxy groups -OCH3 is 2. The van der Waals surface area contributed by atoms with Crippen LogP contribution in [0.15, 0.2) is 76.4 Å². The highest BCUT2D eigenvalue weighted by molar-refractivity contribution is 6.03. The third-order valence-electron chi connectivity index (χ3n) is 6.22. The fourth-order valence-electron chi connectivity index (χ4n) is 4.26. The fourth-order valence-corrected chi connectivity index (χ4v) is 4.26. The minimum atomic E-state index is -0.642. The van der Waals surface area contributed by atoms with E-state index >= 15 is 0 Å². The lowest BCUT2D eigenvalue weighted by atomic mass is 10.0. The predicted molar refractivity (Wildman–Crippen MR) is 136 cm³/mol. The molecule has 9 heteroatoms. The third kappa shape index (κ3) is 4.88. The maximum atomic E-state index is 13.2. The maximum Gasteiger partial charge on any atom is 0.340 e. The molecule has 0 bridgehead atoms. The number of esters is 1. The van der Waals surface area contributed by atoms with Crippen molar-refractivity contribution in [2.75, 3.05) is 20.8 Å². The molecule has 0 radical (unpaired) electrons. The molecule has 1 aliphatic heterocycles. The van der Waals surface area contributed by atoms with Crippen molar-refractivity contribution in [1.82, 2.24) is 9.99 Å². The average Bonchev–Trinajstić information content (AvgIpc) is 3.61. The molecule has 9 nitrogen and oxygen atoms in total. The lowest BCUT2D eigenvalue weighted by molar-refractivity contribution is -0.136. The van der Waals surface area contributed by atoms with Crippen molar-refractivity contribution in [3.05, 3.63) is 89.5 Å². The SMILES string of the molecule is COc1ccc(C2=NN(C(=O)COC(=O)c3cc4cc(OC)ccc4nc3C)C(c3ccco3)C2)cc1. The first-order chi connectivity index (χ1) is 18.0. The van der Waals surface area contributed by atoms with Crippen LogP contribution in [0.4, 0.5) is 0 Å². The molecule has 2 aromatic carbocycles. The van der Waals surface area contributed by atoms with Crippen LogP contribution in [0, 0.1) is 6.92 Å². The zero-order valence-corrected chi connectivity index (χ0v) is 20.6. The fraction of sp³-hybridized carbons (Fsp3) is 0.214. The van der Waals surface area contributed by atoms with E-state index in [1.807, 2.05) is 30.3 Å². The van der Waals surface area contributed by atoms with Crippen LogP contribution in [0.5, 0.6) is 11.5 Å². The van der Waals surface area contributed by atoms with Gasteiger partial charge in [-0.15, -0.1) is 0 Å². The molecule has 2 aromatic heterocycles. The van der Waals surface area contributed by atoms with E-state index in [2.05, 4.69) is 10.1 Å². The standard InChI is InChI=1S/C28H25N3O6/c1-17-22(14-19-13-21(35-3)10-11-23(19)29-17)28(33)37-16-27(32)31-25(26-5-4-12-36-26)15-24(30-31)18-6-8-20(34-2)9-7-18/h4-14,25H,15-16H2,1-3H3. The summed E-state index contributed by atoms with van der Waals surface area (Å²) in [7, 11) is 3.17. The molecule has 0 fully saturated rings. The number of aromatic nitrogens is 1. The van der Waals surface area contributed by atoms with Crippen LogP contribution in [-0.4, -0.2) is 48.4 Å². The summed E-state index contributed by atoms with van der Waals surface area (Å²) >= 11 is 0. The second-order valence-corrected chi connectivity index (χ2v) is 8.50. The average molecular weight is 500 g/mol. The van der Waals surface area contributed by atoms with Crippen LogP contribution in [0.3, 0.4) is 0 Å². The van der Waals surface area contributed by atoms with Crippen LogP contribution in [0.1, 0.15) is 39.8 Å². The largest absolute Gasteiger partial charge is 0.497 e. The van der Waals surface area contributed by atoms with Gasteiger partial charge in [0.25, 0.3) is 5.91 Å². The number of furan rings is 1. The normalized spacial score (nSPS) is 14.9. The van der Waals surface area contributed by atoms with E-state index in [1.54, 1.807) is 57.7 Å². The van der Waals surface area contributed by atoms with E-state index in [-0.39, 0.29) is 5.56 Å². The van der Waals surface area contributed by atoms with Gasteiger partial charge in [0.05, 0.1) is 43.0 Å². The van der Waals surface area contributed by atoms with Gasteiger partial charge in [-0.1, -0.05) is 0 Å². The smallest absolute Gasteiger partial charge is 0.340 e. The Hall–Kier alpha value is -4.66. The second-order valence-electron chi connectivity index (χ2n) is 8.50. The number of carbonyl (C=O) groups is 2. The van der Waals surface area contributed by atoms with E-state index in [0.717, 1.165) is 22.2 Å². The quantitative estimate of drug-likeness (QED) is 0.340. The number of fused-ring (bicyclic) bond motifs is 1. The van der Waals surface area contributed by atoms with Crippen molar-refractivity contribution >= 4 is 28.5 Å². The summed E-state index contributed by atoms with van der Waals surface area (Å²) in [5, 5.41) is 6.61. The lowest BCUT2D eigenvalue weighted by Gasteiger charge is -2.19. The summed E-state index contributed by atoms with van der Waals surface area (Å²) in [5.74, 6) is 0.857. The molecule has 0 spiro atoms. The van der Waals surface area contributed by atoms with Crippen molar-refractivity contribution < 1.29 is 28.2 Å². The number of carbonyl (C=O) groups excluding carboxylic acids is 2. The molecular formula is C28H25N3O6. The summed E-state index contributed by atoms with van der Waals surface area (Å²) in [6.07, 6.45) is 2.00. The van der Waals surface area contributed by atoms with Gasteiger partial charge in [-0.2, -0.15) is 5.10 Å². The molecule has 3 heterocycles. The molecule has 0 saturated heterocycles. The van der Waals surface area contributed by atoms with Crippen LogP contribution in [0.25, 0.3) is 10.9 Å². The molecule has 5 rings (SSSR count). The molecule has 0 saturated carbocycles. The lowest BCUT2D eigenvalue weighted by Crippen LogP contribution is -2.31. The third-order valence-corrected chi connectivity index (χ3v) is 6.22. The Kier molecular flexibility index (Phi) is 6.59. The first-order valence-corrected chi connectivity index (χ1v) is 11.7. The molecule has 4 aromatic rings. The van der Waals surface area contributed by atoms with Gasteiger partial charge in [0.1, 0.15) is 23.3 Å². The predicted octanol–water partition coefficient (Wildman–Crippen LogP) is 4.69. The van der Waals surface area contributed by atoms with Crippen LogP contribution in [0.2, 0.25) is 0 Å². The van der Waals surface area contributed by atoms with Crippen molar-refractivity contribution in [3.63, 3.8) is 0 Å². The van der Waals surface area contributed by atoms with E-state index in [1.165, 1.54) is 5.01 Å². The van der Waals surface area contributed by atoms with Crippen LogP contribution in [-0.2, 0) is 9.53 Å². The summed E-state index contributed by atoms with van der Waals surface area (Å²) in [5.41, 5.74) is 3.08. The molecule has 37 heavy (non-hydrogen) atoms. The Morgan fingerprint density at radius 2 is 1.78 bits per heavy atom. The van der Waals surface area contributed by atoms with E-state index in [9.17, 15) is 9.59 Å². The number of hydrogen-bond acceptors (Lipinski definition) is 8. The van der Waals surface area contributed by atoms with Gasteiger partial charge >= 0.3 is 5.97 Å². The summed E-state index contributed by atoms with van der Waals surface area (Å²) < 4.78 is 21.5. The van der Waals surface area contributed by atoms with Gasteiger partial charge in [0.2, 0.25) is 0 Å². The first-order valence-electron chi connectivity index (χ1n) is 11.7. The topological polar surface area (TPSA) is 103 Å². The Morgan fingerprint density at radius 3 is 2.49 bits per heavy atom. The Morgan fingerprint density at radius 1 is 1.03 bits per heavy atom. The van der Waals surface area contributed by atoms with Gasteiger partial charge in [0.15, 0.2) is 6.61 Å². The number of benzene rings is 2. The number of ether oxygens (including phenoxy) is 3. The van der Waals surface area contributed by atoms with Crippen LogP contribution < -0.4 is 9.47 Å². The number of hydrazone groups is 1. The molecule has 1 unspecified atom stereocenters. The van der Waals surface area contributed by atoms with E-state index in [4.69, 9.17) is 18.6 Å². The van der Waals surface area contributed by atoms with Gasteiger partial charge in [-0.05, 0) is 73.2 Å². The number of hydrogen-bond donors (Lipinski definition) is 0. The zero-order valence-electron chi connectivity index (χ0n) is 20.6. The van der Waals surface area contributed by atoms with Gasteiger partial charge in [-0.25, -0.2) is 9.80 Å². The molecule has 1 amide bonds. The first kappa shape index (κ1) is 24.1. The van der Waals surface area contributed by atoms with E-state index in [0.29, 0.717) is 29.3 Å². The van der Waals surface area contributed by atoms with E-state index < -0.39 is 24.5 Å². The molecule has 0 aliphatic carbocycles. The van der Waals surface area contributed by atoms with Crippen molar-refractivity contribution in [2.24, 2.45) is 5.10 Å². The number of amides is 1.